The average Bonchev–Trinajstić information content (AvgIpc) is 3.12. The first-order valence-electron chi connectivity index (χ1n) is 8.67. The minimum Gasteiger partial charge on any atom is -0.472 e. The van der Waals surface area contributed by atoms with Crippen LogP contribution < -0.4 is 10.1 Å². The van der Waals surface area contributed by atoms with Gasteiger partial charge in [-0.1, -0.05) is 18.5 Å². The number of amides is 1. The maximum absolute atomic E-state index is 12.3. The third-order valence-corrected chi connectivity index (χ3v) is 4.48. The summed E-state index contributed by atoms with van der Waals surface area (Å²) in [6.45, 7) is 2.01. The summed E-state index contributed by atoms with van der Waals surface area (Å²) in [4.78, 5) is 12.3. The molecule has 0 atom stereocenters. The lowest BCUT2D eigenvalue weighted by atomic mass is 9.93. The van der Waals surface area contributed by atoms with E-state index in [-0.39, 0.29) is 25.2 Å². The molecule has 2 N–H and O–H groups in total. The van der Waals surface area contributed by atoms with E-state index in [4.69, 9.17) is 9.26 Å². The fourth-order valence-corrected chi connectivity index (χ4v) is 2.78. The lowest BCUT2D eigenvalue weighted by Gasteiger charge is -2.26. The van der Waals surface area contributed by atoms with Gasteiger partial charge in [0.05, 0.1) is 11.3 Å². The van der Waals surface area contributed by atoms with Gasteiger partial charge >= 0.3 is 0 Å². The number of carbonyl (C=O) groups is 1. The zero-order valence-electron chi connectivity index (χ0n) is 14.6. The Balaban J connectivity index is 1.66. The van der Waals surface area contributed by atoms with Crippen LogP contribution in [0.25, 0.3) is 0 Å². The lowest BCUT2D eigenvalue weighted by molar-refractivity contribution is 0.0907. The van der Waals surface area contributed by atoms with Crippen molar-refractivity contribution in [3.05, 3.63) is 28.8 Å². The Bertz CT molecular complexity index is 733. The number of hydrogen-bond acceptors (Lipinski definition) is 6. The van der Waals surface area contributed by atoms with Crippen LogP contribution in [0.2, 0.25) is 0 Å². The van der Waals surface area contributed by atoms with Crippen molar-refractivity contribution in [2.45, 2.75) is 58.3 Å². The Morgan fingerprint density at radius 3 is 2.96 bits per heavy atom. The summed E-state index contributed by atoms with van der Waals surface area (Å²) in [5.41, 5.74) is 1.99. The quantitative estimate of drug-likeness (QED) is 0.753. The van der Waals surface area contributed by atoms with Crippen LogP contribution in [0.3, 0.4) is 0 Å². The van der Waals surface area contributed by atoms with Gasteiger partial charge < -0.3 is 19.7 Å². The third-order valence-electron chi connectivity index (χ3n) is 4.48. The highest BCUT2D eigenvalue weighted by atomic mass is 16.5. The zero-order chi connectivity index (χ0) is 17.8. The van der Waals surface area contributed by atoms with Gasteiger partial charge in [0.25, 0.3) is 5.91 Å². The topological polar surface area (TPSA) is 102 Å². The zero-order valence-corrected chi connectivity index (χ0v) is 14.6. The molecule has 1 saturated carbocycles. The van der Waals surface area contributed by atoms with Gasteiger partial charge in [0.1, 0.15) is 18.9 Å². The molecule has 0 saturated heterocycles. The second kappa shape index (κ2) is 7.69. The number of nitrogens with zero attached hydrogens (tertiary/aromatic N) is 3. The molecule has 8 heteroatoms. The number of ether oxygens (including phenoxy) is 1. The molecule has 136 valence electrons. The average molecular weight is 348 g/mol. The van der Waals surface area contributed by atoms with Crippen LogP contribution in [0.4, 0.5) is 0 Å². The summed E-state index contributed by atoms with van der Waals surface area (Å²) in [7, 11) is 1.71. The van der Waals surface area contributed by atoms with Gasteiger partial charge in [-0.15, -0.1) is 5.10 Å². The molecule has 0 bridgehead atoms. The van der Waals surface area contributed by atoms with Crippen LogP contribution in [-0.2, 0) is 26.7 Å². The first-order chi connectivity index (χ1) is 12.1. The summed E-state index contributed by atoms with van der Waals surface area (Å²) >= 11 is 0. The van der Waals surface area contributed by atoms with Crippen molar-refractivity contribution in [2.24, 2.45) is 7.05 Å². The third kappa shape index (κ3) is 3.84. The molecular formula is C17H24N4O4. The van der Waals surface area contributed by atoms with E-state index in [0.29, 0.717) is 17.3 Å². The van der Waals surface area contributed by atoms with E-state index >= 15 is 0 Å². The molecule has 1 aliphatic carbocycles. The molecular weight excluding hydrogens is 324 g/mol. The van der Waals surface area contributed by atoms with Crippen LogP contribution in [0, 0.1) is 0 Å². The van der Waals surface area contributed by atoms with E-state index in [1.165, 1.54) is 4.68 Å². The number of rotatable bonds is 8. The fourth-order valence-electron chi connectivity index (χ4n) is 2.78. The Labute approximate surface area is 146 Å². The Kier molecular flexibility index (Phi) is 5.37. The summed E-state index contributed by atoms with van der Waals surface area (Å²) in [5, 5.41) is 20.6. The van der Waals surface area contributed by atoms with Gasteiger partial charge in [-0.2, -0.15) is 0 Å². The van der Waals surface area contributed by atoms with Crippen LogP contribution >= 0.6 is 0 Å². The highest BCUT2D eigenvalue weighted by molar-refractivity contribution is 5.93. The summed E-state index contributed by atoms with van der Waals surface area (Å²) in [6, 6.07) is 1.90. The Morgan fingerprint density at radius 2 is 2.32 bits per heavy atom. The van der Waals surface area contributed by atoms with Crippen LogP contribution in [0.5, 0.6) is 5.88 Å². The molecule has 3 rings (SSSR count). The number of aliphatic hydroxyl groups is 1. The normalized spacial score (nSPS) is 14.4. The number of hydrogen-bond donors (Lipinski definition) is 2. The monoisotopic (exact) mass is 348 g/mol. The second-order valence-corrected chi connectivity index (χ2v) is 6.32. The molecule has 0 aromatic carbocycles. The maximum Gasteiger partial charge on any atom is 0.269 e. The minimum atomic E-state index is -0.229. The van der Waals surface area contributed by atoms with Crippen LogP contribution in [0.1, 0.15) is 60.1 Å². The predicted molar refractivity (Wildman–Crippen MR) is 89.1 cm³/mol. The summed E-state index contributed by atoms with van der Waals surface area (Å²) < 4.78 is 12.4. The molecule has 8 nitrogen and oxygen atoms in total. The summed E-state index contributed by atoms with van der Waals surface area (Å²) in [5.74, 6) is 0.623. The van der Waals surface area contributed by atoms with Gasteiger partial charge in [0, 0.05) is 19.2 Å². The molecule has 1 aliphatic rings. The fraction of sp³-hybridized carbons (Fsp3) is 0.588. The van der Waals surface area contributed by atoms with E-state index in [2.05, 4.69) is 15.6 Å². The molecule has 2 heterocycles. The van der Waals surface area contributed by atoms with Gasteiger partial charge in [-0.25, -0.2) is 0 Å². The van der Waals surface area contributed by atoms with Crippen molar-refractivity contribution in [3.63, 3.8) is 0 Å². The molecule has 0 unspecified atom stereocenters. The Morgan fingerprint density at radius 1 is 1.52 bits per heavy atom. The highest BCUT2D eigenvalue weighted by Crippen LogP contribution is 2.21. The number of nitrogens with one attached hydrogen (secondary N) is 1. The van der Waals surface area contributed by atoms with Crippen molar-refractivity contribution >= 4 is 5.91 Å². The molecule has 0 radical (unpaired) electrons. The largest absolute Gasteiger partial charge is 0.472 e. The van der Waals surface area contributed by atoms with Crippen LogP contribution in [-0.4, -0.2) is 32.0 Å². The minimum absolute atomic E-state index is 0.137. The lowest BCUT2D eigenvalue weighted by Crippen LogP contribution is -2.40. The van der Waals surface area contributed by atoms with Gasteiger partial charge in [-0.05, 0) is 25.7 Å². The number of aliphatic hydroxyl groups excluding tert-OH is 1. The molecule has 2 aromatic heterocycles. The highest BCUT2D eigenvalue weighted by Gasteiger charge is 2.23. The second-order valence-electron chi connectivity index (χ2n) is 6.32. The molecule has 0 spiro atoms. The molecule has 1 fully saturated rings. The van der Waals surface area contributed by atoms with Crippen molar-refractivity contribution in [1.82, 2.24) is 20.3 Å². The predicted octanol–water partition coefficient (Wildman–Crippen LogP) is 1.71. The maximum atomic E-state index is 12.3. The number of aromatic nitrogens is 3. The van der Waals surface area contributed by atoms with Crippen molar-refractivity contribution in [3.8, 4) is 5.88 Å². The van der Waals surface area contributed by atoms with E-state index in [1.54, 1.807) is 13.1 Å². The van der Waals surface area contributed by atoms with E-state index in [1.807, 2.05) is 6.92 Å². The van der Waals surface area contributed by atoms with E-state index in [9.17, 15) is 9.90 Å². The van der Waals surface area contributed by atoms with E-state index < -0.39 is 0 Å². The SMILES string of the molecule is CCCc1noc(CO)c1COc1cc(C(=O)NC2CCC2)n(C)n1. The van der Waals surface area contributed by atoms with Gasteiger partial charge in [0.2, 0.25) is 5.88 Å². The van der Waals surface area contributed by atoms with Crippen molar-refractivity contribution in [1.29, 1.82) is 0 Å². The first kappa shape index (κ1) is 17.5. The van der Waals surface area contributed by atoms with E-state index in [0.717, 1.165) is 43.4 Å². The van der Waals surface area contributed by atoms with Gasteiger partial charge in [-0.3, -0.25) is 9.48 Å². The number of carbonyl (C=O) groups excluding carboxylic acids is 1. The standard InChI is InChI=1S/C17H24N4O4/c1-3-5-13-12(15(9-22)25-20-13)10-24-16-8-14(21(2)19-16)17(23)18-11-6-4-7-11/h8,11,22H,3-7,9-10H2,1-2H3,(H,18,23). The van der Waals surface area contributed by atoms with Crippen LogP contribution in [0.15, 0.2) is 10.6 Å². The first-order valence-corrected chi connectivity index (χ1v) is 8.67. The van der Waals surface area contributed by atoms with Crippen molar-refractivity contribution in [2.75, 3.05) is 0 Å². The molecule has 25 heavy (non-hydrogen) atoms. The molecule has 2 aromatic rings. The molecule has 1 amide bonds. The van der Waals surface area contributed by atoms with Gasteiger partial charge in [0.15, 0.2) is 5.76 Å². The Hall–Kier alpha value is -2.35. The molecule has 0 aliphatic heterocycles. The smallest absolute Gasteiger partial charge is 0.269 e. The number of aryl methyl sites for hydroxylation is 2. The van der Waals surface area contributed by atoms with Crippen molar-refractivity contribution < 1.29 is 19.2 Å². The summed E-state index contributed by atoms with van der Waals surface area (Å²) in [6.07, 6.45) is 4.89.